The molecule has 104 valence electrons. The maximum atomic E-state index is 12.1. The summed E-state index contributed by atoms with van der Waals surface area (Å²) >= 11 is 0. The van der Waals surface area contributed by atoms with Gasteiger partial charge in [0.15, 0.2) is 5.82 Å². The van der Waals surface area contributed by atoms with Gasteiger partial charge < -0.3 is 4.90 Å². The molecule has 1 saturated heterocycles. The van der Waals surface area contributed by atoms with E-state index in [4.69, 9.17) is 0 Å². The van der Waals surface area contributed by atoms with Crippen LogP contribution in [0.4, 0.5) is 0 Å². The molecule has 0 unspecified atom stereocenters. The van der Waals surface area contributed by atoms with Crippen molar-refractivity contribution in [1.82, 2.24) is 30.0 Å². The molecule has 1 amide bonds. The van der Waals surface area contributed by atoms with E-state index in [0.717, 1.165) is 38.1 Å². The molecule has 2 aliphatic rings. The van der Waals surface area contributed by atoms with Crippen LogP contribution in [0.5, 0.6) is 0 Å². The summed E-state index contributed by atoms with van der Waals surface area (Å²) in [5.41, 5.74) is 0. The summed E-state index contributed by atoms with van der Waals surface area (Å²) in [6.45, 7) is 1.62. The lowest BCUT2D eigenvalue weighted by atomic mass is 10.2. The van der Waals surface area contributed by atoms with E-state index in [-0.39, 0.29) is 11.9 Å². The SMILES string of the molecule is CN(C)C(=O)[C@@H]1CCCN1Cc1nnnn1C1CC1. The predicted molar refractivity (Wildman–Crippen MR) is 68.2 cm³/mol. The van der Waals surface area contributed by atoms with E-state index in [2.05, 4.69) is 20.4 Å². The summed E-state index contributed by atoms with van der Waals surface area (Å²) in [6.07, 6.45) is 4.33. The molecule has 0 N–H and O–H groups in total. The number of likely N-dealkylation sites (tertiary alicyclic amines) is 1. The predicted octanol–water partition coefficient (Wildman–Crippen LogP) is 0.0606. The van der Waals surface area contributed by atoms with E-state index in [9.17, 15) is 4.79 Å². The Kier molecular flexibility index (Phi) is 3.22. The molecule has 1 aromatic rings. The molecule has 1 aromatic heterocycles. The maximum Gasteiger partial charge on any atom is 0.239 e. The first-order valence-electron chi connectivity index (χ1n) is 6.89. The van der Waals surface area contributed by atoms with Crippen LogP contribution < -0.4 is 0 Å². The van der Waals surface area contributed by atoms with Crippen LogP contribution in [-0.2, 0) is 11.3 Å². The largest absolute Gasteiger partial charge is 0.347 e. The Morgan fingerprint density at radius 2 is 2.16 bits per heavy atom. The summed E-state index contributed by atoms with van der Waals surface area (Å²) in [7, 11) is 3.63. The Hall–Kier alpha value is -1.50. The molecular weight excluding hydrogens is 244 g/mol. The summed E-state index contributed by atoms with van der Waals surface area (Å²) in [6, 6.07) is 0.468. The molecule has 2 heterocycles. The zero-order valence-corrected chi connectivity index (χ0v) is 11.5. The van der Waals surface area contributed by atoms with Crippen molar-refractivity contribution in [2.75, 3.05) is 20.6 Å². The number of tetrazole rings is 1. The van der Waals surface area contributed by atoms with Crippen molar-refractivity contribution in [3.8, 4) is 0 Å². The minimum Gasteiger partial charge on any atom is -0.347 e. The van der Waals surface area contributed by atoms with Gasteiger partial charge in [0.05, 0.1) is 18.6 Å². The first kappa shape index (κ1) is 12.5. The molecule has 1 atom stereocenters. The molecule has 7 nitrogen and oxygen atoms in total. The monoisotopic (exact) mass is 264 g/mol. The Labute approximate surface area is 112 Å². The van der Waals surface area contributed by atoms with Gasteiger partial charge in [0.25, 0.3) is 0 Å². The zero-order valence-electron chi connectivity index (χ0n) is 11.5. The van der Waals surface area contributed by atoms with Crippen molar-refractivity contribution in [2.45, 2.75) is 44.3 Å². The Morgan fingerprint density at radius 1 is 1.37 bits per heavy atom. The van der Waals surface area contributed by atoms with Gasteiger partial charge in [-0.2, -0.15) is 0 Å². The average molecular weight is 264 g/mol. The van der Waals surface area contributed by atoms with Gasteiger partial charge in [-0.05, 0) is 42.7 Å². The molecule has 0 aromatic carbocycles. The highest BCUT2D eigenvalue weighted by Crippen LogP contribution is 2.34. The number of hydrogen-bond acceptors (Lipinski definition) is 5. The van der Waals surface area contributed by atoms with Crippen molar-refractivity contribution >= 4 is 5.91 Å². The average Bonchev–Trinajstić information content (AvgIpc) is 2.95. The first-order chi connectivity index (χ1) is 9.16. The molecule has 1 aliphatic heterocycles. The third-order valence-corrected chi connectivity index (χ3v) is 3.89. The molecular formula is C12H20N6O. The Morgan fingerprint density at radius 3 is 2.84 bits per heavy atom. The maximum absolute atomic E-state index is 12.1. The van der Waals surface area contributed by atoms with Crippen LogP contribution in [0, 0.1) is 0 Å². The van der Waals surface area contributed by atoms with Crippen molar-refractivity contribution in [3.05, 3.63) is 5.82 Å². The number of amides is 1. The number of rotatable bonds is 4. The number of aromatic nitrogens is 4. The fraction of sp³-hybridized carbons (Fsp3) is 0.833. The molecule has 1 saturated carbocycles. The smallest absolute Gasteiger partial charge is 0.239 e. The van der Waals surface area contributed by atoms with Crippen molar-refractivity contribution in [2.24, 2.45) is 0 Å². The minimum atomic E-state index is -0.0145. The molecule has 7 heteroatoms. The van der Waals surface area contributed by atoms with Gasteiger partial charge in [-0.3, -0.25) is 9.69 Å². The molecule has 0 spiro atoms. The second kappa shape index (κ2) is 4.88. The number of hydrogen-bond donors (Lipinski definition) is 0. The molecule has 0 radical (unpaired) electrons. The van der Waals surface area contributed by atoms with E-state index in [1.54, 1.807) is 4.90 Å². The van der Waals surface area contributed by atoms with Gasteiger partial charge in [-0.25, -0.2) is 4.68 Å². The molecule has 19 heavy (non-hydrogen) atoms. The van der Waals surface area contributed by atoms with Crippen LogP contribution in [0.25, 0.3) is 0 Å². The lowest BCUT2D eigenvalue weighted by Gasteiger charge is -2.25. The van der Waals surface area contributed by atoms with Gasteiger partial charge in [0, 0.05) is 14.1 Å². The Bertz CT molecular complexity index is 467. The lowest BCUT2D eigenvalue weighted by molar-refractivity contribution is -0.133. The second-order valence-electron chi connectivity index (χ2n) is 5.63. The van der Waals surface area contributed by atoms with Crippen molar-refractivity contribution in [3.63, 3.8) is 0 Å². The highest BCUT2D eigenvalue weighted by atomic mass is 16.2. The minimum absolute atomic E-state index is 0.0145. The van der Waals surface area contributed by atoms with Gasteiger partial charge in [-0.1, -0.05) is 0 Å². The molecule has 3 rings (SSSR count). The third kappa shape index (κ3) is 2.47. The van der Waals surface area contributed by atoms with E-state index >= 15 is 0 Å². The van der Waals surface area contributed by atoms with Crippen LogP contribution >= 0.6 is 0 Å². The lowest BCUT2D eigenvalue weighted by Crippen LogP contribution is -2.42. The number of likely N-dealkylation sites (N-methyl/N-ethyl adjacent to an activating group) is 1. The van der Waals surface area contributed by atoms with Crippen LogP contribution in [0.15, 0.2) is 0 Å². The summed E-state index contributed by atoms with van der Waals surface area (Å²) in [5.74, 6) is 1.07. The third-order valence-electron chi connectivity index (χ3n) is 3.89. The van der Waals surface area contributed by atoms with E-state index in [0.29, 0.717) is 12.6 Å². The topological polar surface area (TPSA) is 67.2 Å². The first-order valence-corrected chi connectivity index (χ1v) is 6.89. The normalized spacial score (nSPS) is 23.8. The summed E-state index contributed by atoms with van der Waals surface area (Å²) in [4.78, 5) is 16.0. The van der Waals surface area contributed by atoms with Crippen LogP contribution in [0.2, 0.25) is 0 Å². The summed E-state index contributed by atoms with van der Waals surface area (Å²) < 4.78 is 1.93. The fourth-order valence-corrected chi connectivity index (χ4v) is 2.69. The van der Waals surface area contributed by atoms with Gasteiger partial charge in [-0.15, -0.1) is 5.10 Å². The quantitative estimate of drug-likeness (QED) is 0.769. The van der Waals surface area contributed by atoms with Gasteiger partial charge in [0.1, 0.15) is 0 Å². The highest BCUT2D eigenvalue weighted by Gasteiger charge is 2.34. The van der Waals surface area contributed by atoms with Crippen molar-refractivity contribution in [1.29, 1.82) is 0 Å². The summed E-state index contributed by atoms with van der Waals surface area (Å²) in [5, 5.41) is 11.9. The Balaban J connectivity index is 1.71. The van der Waals surface area contributed by atoms with E-state index < -0.39 is 0 Å². The van der Waals surface area contributed by atoms with Crippen LogP contribution in [0.1, 0.15) is 37.5 Å². The standard InChI is InChI=1S/C12H20N6O/c1-16(2)12(19)10-4-3-7-17(10)8-11-13-14-15-18(11)9-5-6-9/h9-10H,3-8H2,1-2H3/t10-/m0/s1. The second-order valence-corrected chi connectivity index (χ2v) is 5.63. The molecule has 1 aliphatic carbocycles. The van der Waals surface area contributed by atoms with Gasteiger partial charge in [0.2, 0.25) is 5.91 Å². The molecule has 2 fully saturated rings. The zero-order chi connectivity index (χ0) is 13.4. The number of nitrogens with zero attached hydrogens (tertiary/aromatic N) is 6. The van der Waals surface area contributed by atoms with Crippen LogP contribution in [-0.4, -0.2) is 62.6 Å². The van der Waals surface area contributed by atoms with Crippen molar-refractivity contribution < 1.29 is 4.79 Å². The fourth-order valence-electron chi connectivity index (χ4n) is 2.69. The van der Waals surface area contributed by atoms with Crippen LogP contribution in [0.3, 0.4) is 0 Å². The molecule has 0 bridgehead atoms. The number of carbonyl (C=O) groups excluding carboxylic acids is 1. The van der Waals surface area contributed by atoms with E-state index in [1.165, 1.54) is 0 Å². The van der Waals surface area contributed by atoms with E-state index in [1.807, 2.05) is 18.8 Å². The number of carbonyl (C=O) groups is 1. The highest BCUT2D eigenvalue weighted by molar-refractivity contribution is 5.81. The van der Waals surface area contributed by atoms with Gasteiger partial charge >= 0.3 is 0 Å².